The number of fused-ring (bicyclic) bond motifs is 4. The standard InChI is InChI=1S/C28H38BrN3O6Si.C18H17BrN2O3.C16H23BrN2O4Si.C16H17NO4.C13H18O3.C5H8O/c1-18-22(26(34)37-16-19-11-9-10-12-21(19)30-27(35)38-28(2,3)4)23-20(29)15-31(5)25(33)24(23)32(18)17-36-13-14-39(6,7)8;1-10-7-12-16(13(19)8-21(2)17(12)22)15(10)18(23)24-9-11-5-3-4-6-14(11)20;1-10-12(16(21)22)13-11(17)8-18(2)15(20)14(13)19(10)9-23-6-7-24(3,4)5;1-9-7-11-13(12(9)15(19)20)10(5-6-16(2,3)21)8-17(4)14(11)18;1-13(2,3)16-12(15)8-10-6-4-5-7-11(10)9-14;1-4-5(2,3)6/h9-12,15H,13-14,16-17H2,1-8H3,(H,30,35);3-6,8H,7,9,20H2,1-2H3;8H,6-7,9H2,1-5H3,(H,21,22);8,21H,7H2,1-4H3,(H,19,20);4-7,14H,8-9H2,1-3H3;1,6H,2-3H3. The number of nitrogens with one attached hydrogen (secondary N) is 1. The van der Waals surface area contributed by atoms with Crippen LogP contribution in [0, 0.1) is 38.0 Å². The zero-order chi connectivity index (χ0) is 98.1. The Balaban J connectivity index is 0.000000253. The number of nitrogens with zero attached hydrogens (tertiary/aromatic N) is 6. The van der Waals surface area contributed by atoms with Crippen molar-refractivity contribution in [2.24, 2.45) is 28.2 Å². The Morgan fingerprint density at radius 2 is 0.946 bits per heavy atom. The summed E-state index contributed by atoms with van der Waals surface area (Å²) >= 11 is 10.4. The molecule has 0 saturated carbocycles. The molecule has 9 aromatic rings. The molecule has 6 aromatic heterocycles. The molecule has 3 aromatic carbocycles. The van der Waals surface area contributed by atoms with Crippen LogP contribution >= 0.6 is 47.8 Å². The molecule has 700 valence electrons. The molecule has 0 spiro atoms. The third-order valence-electron chi connectivity index (χ3n) is 19.9. The largest absolute Gasteiger partial charge is 0.478 e. The normalized spacial score (nSPS) is 12.3. The van der Waals surface area contributed by atoms with Gasteiger partial charge in [-0.1, -0.05) is 129 Å². The number of hydrogen-bond donors (Lipinski definition) is 7. The van der Waals surface area contributed by atoms with Crippen molar-refractivity contribution in [3.8, 4) is 24.2 Å². The van der Waals surface area contributed by atoms with Crippen molar-refractivity contribution in [3.63, 3.8) is 0 Å². The van der Waals surface area contributed by atoms with E-state index in [-0.39, 0.29) is 79.0 Å². The van der Waals surface area contributed by atoms with Crippen LogP contribution in [-0.4, -0.2) is 141 Å². The predicted molar refractivity (Wildman–Crippen MR) is 522 cm³/mol. The highest BCUT2D eigenvalue weighted by atomic mass is 79.9. The molecule has 2 aliphatic carbocycles. The lowest BCUT2D eigenvalue weighted by Crippen LogP contribution is -2.27. The summed E-state index contributed by atoms with van der Waals surface area (Å²) < 4.78 is 44.6. The summed E-state index contributed by atoms with van der Waals surface area (Å²) in [5, 5.41) is 50.0. The predicted octanol–water partition coefficient (Wildman–Crippen LogP) is 16.0. The first-order valence-corrected chi connectivity index (χ1v) is 51.4. The van der Waals surface area contributed by atoms with Gasteiger partial charge in [-0.2, -0.15) is 0 Å². The topological polar surface area (TPSA) is 395 Å². The molecule has 29 nitrogen and oxygen atoms in total. The number of aliphatic carboxylic acids is 1. The molecule has 0 unspecified atom stereocenters. The van der Waals surface area contributed by atoms with Gasteiger partial charge in [-0.3, -0.25) is 29.3 Å². The molecule has 6 heterocycles. The van der Waals surface area contributed by atoms with E-state index in [4.69, 9.17) is 50.8 Å². The van der Waals surface area contributed by atoms with Crippen molar-refractivity contribution in [2.75, 3.05) is 24.3 Å². The molecule has 0 aliphatic heterocycles. The molecule has 8 N–H and O–H groups in total. The van der Waals surface area contributed by atoms with Crippen LogP contribution in [0.15, 0.2) is 141 Å². The fourth-order valence-corrected chi connectivity index (χ4v) is 17.0. The summed E-state index contributed by atoms with van der Waals surface area (Å²) in [5.74, 6) is 4.22. The Labute approximate surface area is 785 Å². The van der Waals surface area contributed by atoms with Gasteiger partial charge in [0.15, 0.2) is 0 Å². The molecule has 0 bridgehead atoms. The lowest BCUT2D eigenvalue weighted by atomic mass is 10.00. The number of carbonyl (C=O) groups excluding carboxylic acids is 4. The number of aromatic carboxylic acids is 1. The first-order valence-electron chi connectivity index (χ1n) is 41.6. The average Bonchev–Trinajstić information content (AvgIpc) is 1.60. The average molecular weight is 2020 g/mol. The third-order valence-corrected chi connectivity index (χ3v) is 25.1. The van der Waals surface area contributed by atoms with Crippen LogP contribution in [0.3, 0.4) is 0 Å². The zero-order valence-electron chi connectivity index (χ0n) is 78.5. The number of carboxylic acids is 2. The number of halogens is 3. The molecule has 34 heteroatoms. The van der Waals surface area contributed by atoms with Crippen molar-refractivity contribution in [1.82, 2.24) is 27.4 Å². The number of carboxylic acid groups (broad SMARTS) is 2. The van der Waals surface area contributed by atoms with Crippen LogP contribution < -0.4 is 33.3 Å². The van der Waals surface area contributed by atoms with E-state index < -0.39 is 68.5 Å². The van der Waals surface area contributed by atoms with Gasteiger partial charge >= 0.3 is 35.9 Å². The molecule has 0 radical (unpaired) electrons. The maximum Gasteiger partial charge on any atom is 0.412 e. The molecule has 0 fully saturated rings. The highest BCUT2D eigenvalue weighted by Crippen LogP contribution is 2.39. The van der Waals surface area contributed by atoms with Gasteiger partial charge in [-0.25, -0.2) is 24.0 Å². The van der Waals surface area contributed by atoms with E-state index in [1.165, 1.54) is 24.5 Å². The Morgan fingerprint density at radius 1 is 0.531 bits per heavy atom. The number of allylic oxidation sites excluding steroid dienone is 2. The van der Waals surface area contributed by atoms with Crippen molar-refractivity contribution < 1.29 is 82.7 Å². The monoisotopic (exact) mass is 2010 g/mol. The SMILES string of the molecule is C#CC(C)(C)O.CC(C)(C)OC(=O)Cc1ccccc1CO.CC1=C(C(=O)O)c2c(C#CC(C)(C)O)cn(C)c(=O)c2C1.CC1=C(C(=O)OCc2ccccc2N)c2c(Br)cn(C)c(=O)c2C1.Cc1c(C(=O)O)c2c(Br)cn(C)c(=O)c2n1COCC[Si](C)(C)C.Cc1c(C(=O)OCc2ccccc2NC(=O)OC(C)(C)C)c2c(Br)cn(C)c(=O)c2n1COCC[Si](C)(C)C. The quantitative estimate of drug-likeness (QED) is 0.00827. The lowest BCUT2D eigenvalue weighted by Gasteiger charge is -2.20. The molecule has 0 atom stereocenters. The van der Waals surface area contributed by atoms with Crippen molar-refractivity contribution in [3.05, 3.63) is 236 Å². The Hall–Kier alpha value is -10.8. The van der Waals surface area contributed by atoms with Crippen molar-refractivity contribution >= 4 is 144 Å². The smallest absolute Gasteiger partial charge is 0.412 e. The van der Waals surface area contributed by atoms with Gasteiger partial charge in [0.05, 0.1) is 41.0 Å². The van der Waals surface area contributed by atoms with E-state index in [2.05, 4.69) is 110 Å². The number of aliphatic hydroxyl groups is 3. The fourth-order valence-electron chi connectivity index (χ4n) is 13.4. The number of nitrogen functional groups attached to an aromatic ring is 1. The summed E-state index contributed by atoms with van der Waals surface area (Å²) in [5.41, 5.74) is 12.7. The number of para-hydroxylation sites is 2. The Morgan fingerprint density at radius 3 is 1.41 bits per heavy atom. The number of carbonyl (C=O) groups is 6. The minimum Gasteiger partial charge on any atom is -0.478 e. The zero-order valence-corrected chi connectivity index (χ0v) is 85.2. The van der Waals surface area contributed by atoms with Crippen LogP contribution in [0.5, 0.6) is 0 Å². The van der Waals surface area contributed by atoms with Gasteiger partial charge < -0.3 is 87.1 Å². The number of amides is 1. The number of terminal acetylenes is 1. The van der Waals surface area contributed by atoms with Crippen LogP contribution in [0.25, 0.3) is 33.0 Å². The minimum atomic E-state index is -1.29. The van der Waals surface area contributed by atoms with Gasteiger partial charge in [-0.15, -0.1) is 6.42 Å². The van der Waals surface area contributed by atoms with E-state index in [1.807, 2.05) is 64.1 Å². The molecule has 0 saturated heterocycles. The third kappa shape index (κ3) is 30.1. The lowest BCUT2D eigenvalue weighted by molar-refractivity contribution is -0.154. The number of hydrogen-bond acceptors (Lipinski definition) is 20. The number of rotatable bonds is 22. The van der Waals surface area contributed by atoms with Crippen LogP contribution in [0.2, 0.25) is 51.4 Å². The number of benzene rings is 3. The van der Waals surface area contributed by atoms with E-state index in [0.29, 0.717) is 134 Å². The summed E-state index contributed by atoms with van der Waals surface area (Å²) in [6.07, 6.45) is 11.6. The summed E-state index contributed by atoms with van der Waals surface area (Å²) in [6.45, 7) is 39.2. The van der Waals surface area contributed by atoms with Crippen molar-refractivity contribution in [2.45, 2.75) is 223 Å². The van der Waals surface area contributed by atoms with Crippen LogP contribution in [0.1, 0.15) is 165 Å². The second kappa shape index (κ2) is 45.4. The number of esters is 3. The van der Waals surface area contributed by atoms with E-state index in [0.717, 1.165) is 34.4 Å². The number of aromatic nitrogens is 6. The molecular formula is C96H121Br3N8O21Si2. The van der Waals surface area contributed by atoms with E-state index in [9.17, 15) is 63.3 Å². The first kappa shape index (κ1) is 108. The summed E-state index contributed by atoms with van der Waals surface area (Å²) in [4.78, 5) is 123. The molecule has 2 aliphatic rings. The second-order valence-electron chi connectivity index (χ2n) is 36.9. The number of ether oxygens (including phenoxy) is 6. The van der Waals surface area contributed by atoms with Crippen molar-refractivity contribution in [1.29, 1.82) is 0 Å². The second-order valence-corrected chi connectivity index (χ2v) is 50.7. The van der Waals surface area contributed by atoms with E-state index in [1.54, 1.807) is 162 Å². The van der Waals surface area contributed by atoms with Gasteiger partial charge in [0, 0.05) is 175 Å². The van der Waals surface area contributed by atoms with Gasteiger partial charge in [-0.05, 0) is 180 Å². The number of anilines is 2. The molecule has 11 rings (SSSR count). The summed E-state index contributed by atoms with van der Waals surface area (Å²) in [7, 11) is 4.11. The fraction of sp³-hybridized carbons (Fsp3) is 0.417. The summed E-state index contributed by atoms with van der Waals surface area (Å²) in [6, 6.07) is 23.6. The molecule has 1 amide bonds. The highest BCUT2D eigenvalue weighted by molar-refractivity contribution is 9.11. The Kier molecular flexibility index (Phi) is 37.7. The Bertz CT molecular complexity index is 6200. The first-order chi connectivity index (χ1) is 60.1. The van der Waals surface area contributed by atoms with Gasteiger partial charge in [0.2, 0.25) is 0 Å². The highest BCUT2D eigenvalue weighted by Gasteiger charge is 2.34. The number of pyridine rings is 4. The van der Waals surface area contributed by atoms with Gasteiger partial charge in [0.25, 0.3) is 22.2 Å². The maximum atomic E-state index is 13.5. The van der Waals surface area contributed by atoms with Crippen LogP contribution in [0.4, 0.5) is 16.2 Å². The molecular weight excluding hydrogens is 1900 g/mol. The molecule has 130 heavy (non-hydrogen) atoms. The minimum absolute atomic E-state index is 0.0566. The number of nitrogens with two attached hydrogens (primary N) is 1. The van der Waals surface area contributed by atoms with Crippen LogP contribution in [-0.2, 0) is 124 Å². The van der Waals surface area contributed by atoms with E-state index >= 15 is 0 Å². The number of aliphatic hydroxyl groups excluding tert-OH is 1. The van der Waals surface area contributed by atoms with Gasteiger partial charge in [0.1, 0.15) is 60.1 Å². The number of aryl methyl sites for hydroxylation is 4. The maximum absolute atomic E-state index is 13.5.